The van der Waals surface area contributed by atoms with Crippen molar-refractivity contribution in [3.8, 4) is 0 Å². The van der Waals surface area contributed by atoms with Crippen LogP contribution in [0, 0.1) is 11.3 Å². The van der Waals surface area contributed by atoms with Crippen LogP contribution in [0.1, 0.15) is 47.0 Å². The first-order valence-corrected chi connectivity index (χ1v) is 7.66. The topological polar surface area (TPSA) is 23.6 Å². The van der Waals surface area contributed by atoms with Crippen LogP contribution in [0.15, 0.2) is 0 Å². The molecule has 0 radical (unpaired) electrons. The molecular formula is C16H32N2O. The third kappa shape index (κ3) is 5.23. The minimum atomic E-state index is 0.244. The van der Waals surface area contributed by atoms with Crippen LogP contribution in [0.2, 0.25) is 0 Å². The molecule has 0 aliphatic heterocycles. The number of hydrogen-bond donors (Lipinski definition) is 0. The highest BCUT2D eigenvalue weighted by atomic mass is 16.1. The SMILES string of the molecule is CCN(CC1CC(C)(C)CCC1=O)C(C)CN(C)C. The van der Waals surface area contributed by atoms with E-state index in [-0.39, 0.29) is 5.92 Å². The minimum Gasteiger partial charge on any atom is -0.308 e. The van der Waals surface area contributed by atoms with Gasteiger partial charge in [-0.2, -0.15) is 0 Å². The van der Waals surface area contributed by atoms with Gasteiger partial charge in [-0.25, -0.2) is 0 Å². The van der Waals surface area contributed by atoms with Crippen LogP contribution < -0.4 is 0 Å². The van der Waals surface area contributed by atoms with E-state index in [0.717, 1.165) is 38.9 Å². The summed E-state index contributed by atoms with van der Waals surface area (Å²) < 4.78 is 0. The molecule has 0 aromatic heterocycles. The van der Waals surface area contributed by atoms with Gasteiger partial charge in [0.15, 0.2) is 0 Å². The fourth-order valence-corrected chi connectivity index (χ4v) is 3.26. The lowest BCUT2D eigenvalue weighted by atomic mass is 9.71. The molecule has 19 heavy (non-hydrogen) atoms. The number of carbonyl (C=O) groups excluding carboxylic acids is 1. The van der Waals surface area contributed by atoms with Gasteiger partial charge in [0.05, 0.1) is 0 Å². The lowest BCUT2D eigenvalue weighted by molar-refractivity contribution is -0.128. The zero-order valence-electron chi connectivity index (χ0n) is 13.7. The molecule has 1 rings (SSSR count). The van der Waals surface area contributed by atoms with Crippen molar-refractivity contribution < 1.29 is 4.79 Å². The van der Waals surface area contributed by atoms with E-state index in [1.807, 2.05) is 0 Å². The molecule has 1 saturated carbocycles. The van der Waals surface area contributed by atoms with Crippen LogP contribution in [-0.2, 0) is 4.79 Å². The first kappa shape index (κ1) is 16.6. The fourth-order valence-electron chi connectivity index (χ4n) is 3.26. The van der Waals surface area contributed by atoms with Crippen LogP contribution >= 0.6 is 0 Å². The summed E-state index contributed by atoms with van der Waals surface area (Å²) in [5.74, 6) is 0.725. The molecule has 112 valence electrons. The lowest BCUT2D eigenvalue weighted by Gasteiger charge is -2.38. The summed E-state index contributed by atoms with van der Waals surface area (Å²) in [7, 11) is 4.22. The van der Waals surface area contributed by atoms with Gasteiger partial charge in [-0.05, 0) is 45.8 Å². The van der Waals surface area contributed by atoms with E-state index in [9.17, 15) is 4.79 Å². The van der Waals surface area contributed by atoms with Gasteiger partial charge in [-0.3, -0.25) is 9.69 Å². The van der Waals surface area contributed by atoms with E-state index in [1.165, 1.54) is 0 Å². The maximum Gasteiger partial charge on any atom is 0.137 e. The molecule has 0 aromatic carbocycles. The number of hydrogen-bond acceptors (Lipinski definition) is 3. The maximum atomic E-state index is 12.1. The Balaban J connectivity index is 2.61. The average Bonchev–Trinajstić information content (AvgIpc) is 2.29. The van der Waals surface area contributed by atoms with Crippen LogP contribution in [0.4, 0.5) is 0 Å². The molecule has 0 amide bonds. The summed E-state index contributed by atoms with van der Waals surface area (Å²) in [6.45, 7) is 12.1. The quantitative estimate of drug-likeness (QED) is 0.740. The number of Topliss-reactive ketones (excluding diaryl/α,β-unsaturated/α-hetero) is 1. The number of rotatable bonds is 6. The summed E-state index contributed by atoms with van der Waals surface area (Å²) in [5, 5.41) is 0. The molecule has 2 unspecified atom stereocenters. The number of carbonyl (C=O) groups is 1. The third-order valence-electron chi connectivity index (χ3n) is 4.42. The Bertz CT molecular complexity index is 299. The summed E-state index contributed by atoms with van der Waals surface area (Å²) in [6, 6.07) is 0.512. The van der Waals surface area contributed by atoms with E-state index in [4.69, 9.17) is 0 Å². The summed E-state index contributed by atoms with van der Waals surface area (Å²) in [4.78, 5) is 16.8. The molecule has 1 aliphatic rings. The molecule has 0 spiro atoms. The Morgan fingerprint density at radius 2 is 2.00 bits per heavy atom. The van der Waals surface area contributed by atoms with Crippen LogP contribution in [0.5, 0.6) is 0 Å². The lowest BCUT2D eigenvalue weighted by Crippen LogP contribution is -2.45. The summed E-state index contributed by atoms with van der Waals surface area (Å²) >= 11 is 0. The van der Waals surface area contributed by atoms with Crippen molar-refractivity contribution in [1.82, 2.24) is 9.80 Å². The van der Waals surface area contributed by atoms with Gasteiger partial charge in [0.25, 0.3) is 0 Å². The fraction of sp³-hybridized carbons (Fsp3) is 0.938. The zero-order valence-corrected chi connectivity index (χ0v) is 13.7. The number of likely N-dealkylation sites (N-methyl/N-ethyl adjacent to an activating group) is 2. The third-order valence-corrected chi connectivity index (χ3v) is 4.42. The first-order valence-electron chi connectivity index (χ1n) is 7.66. The van der Waals surface area contributed by atoms with Gasteiger partial charge in [0, 0.05) is 31.5 Å². The van der Waals surface area contributed by atoms with Crippen molar-refractivity contribution >= 4 is 5.78 Å². The van der Waals surface area contributed by atoms with E-state index < -0.39 is 0 Å². The van der Waals surface area contributed by atoms with E-state index in [1.54, 1.807) is 0 Å². The standard InChI is InChI=1S/C16H32N2O/c1-7-18(13(2)11-17(5)6)12-14-10-16(3,4)9-8-15(14)19/h13-14H,7-12H2,1-6H3. The van der Waals surface area contributed by atoms with Crippen LogP contribution in [0.25, 0.3) is 0 Å². The van der Waals surface area contributed by atoms with Gasteiger partial charge in [-0.1, -0.05) is 20.8 Å². The van der Waals surface area contributed by atoms with E-state index >= 15 is 0 Å². The number of nitrogens with zero attached hydrogens (tertiary/aromatic N) is 2. The van der Waals surface area contributed by atoms with E-state index in [2.05, 4.69) is 51.6 Å². The van der Waals surface area contributed by atoms with Crippen molar-refractivity contribution in [3.63, 3.8) is 0 Å². The molecule has 1 aliphatic carbocycles. The molecule has 0 aromatic rings. The monoisotopic (exact) mass is 268 g/mol. The normalized spacial score (nSPS) is 25.1. The molecule has 1 fully saturated rings. The van der Waals surface area contributed by atoms with Crippen molar-refractivity contribution in [3.05, 3.63) is 0 Å². The highest BCUT2D eigenvalue weighted by Gasteiger charge is 2.34. The highest BCUT2D eigenvalue weighted by molar-refractivity contribution is 5.82. The smallest absolute Gasteiger partial charge is 0.137 e. The Labute approximate surface area is 119 Å². The second kappa shape index (κ2) is 6.85. The first-order chi connectivity index (χ1) is 8.75. The average molecular weight is 268 g/mol. The second-order valence-corrected chi connectivity index (χ2v) is 7.23. The van der Waals surface area contributed by atoms with Gasteiger partial charge in [0.1, 0.15) is 5.78 Å². The minimum absolute atomic E-state index is 0.244. The van der Waals surface area contributed by atoms with E-state index in [0.29, 0.717) is 17.2 Å². The highest BCUT2D eigenvalue weighted by Crippen LogP contribution is 2.37. The second-order valence-electron chi connectivity index (χ2n) is 7.23. The van der Waals surface area contributed by atoms with Gasteiger partial charge >= 0.3 is 0 Å². The molecule has 3 heteroatoms. The van der Waals surface area contributed by atoms with Crippen molar-refractivity contribution in [2.24, 2.45) is 11.3 Å². The maximum absolute atomic E-state index is 12.1. The zero-order chi connectivity index (χ0) is 14.6. The predicted octanol–water partition coefficient (Wildman–Crippen LogP) is 2.65. The Kier molecular flexibility index (Phi) is 6.00. The van der Waals surface area contributed by atoms with Crippen LogP contribution in [0.3, 0.4) is 0 Å². The van der Waals surface area contributed by atoms with Crippen molar-refractivity contribution in [2.75, 3.05) is 33.7 Å². The summed E-state index contributed by atoms with van der Waals surface area (Å²) in [5.41, 5.74) is 0.336. The van der Waals surface area contributed by atoms with Crippen LogP contribution in [-0.4, -0.2) is 55.4 Å². The number of ketones is 1. The van der Waals surface area contributed by atoms with Crippen molar-refractivity contribution in [1.29, 1.82) is 0 Å². The molecule has 3 nitrogen and oxygen atoms in total. The summed E-state index contributed by atoms with van der Waals surface area (Å²) in [6.07, 6.45) is 2.88. The largest absolute Gasteiger partial charge is 0.308 e. The van der Waals surface area contributed by atoms with Crippen molar-refractivity contribution in [2.45, 2.75) is 53.0 Å². The van der Waals surface area contributed by atoms with Gasteiger partial charge in [-0.15, -0.1) is 0 Å². The Morgan fingerprint density at radius 1 is 1.37 bits per heavy atom. The van der Waals surface area contributed by atoms with Gasteiger partial charge < -0.3 is 4.90 Å². The molecular weight excluding hydrogens is 236 g/mol. The molecule has 0 heterocycles. The molecule has 0 bridgehead atoms. The molecule has 0 N–H and O–H groups in total. The Hall–Kier alpha value is -0.410. The Morgan fingerprint density at radius 3 is 2.53 bits per heavy atom. The molecule has 2 atom stereocenters. The molecule has 0 saturated heterocycles. The van der Waals surface area contributed by atoms with Gasteiger partial charge in [0.2, 0.25) is 0 Å². The predicted molar refractivity (Wildman–Crippen MR) is 81.4 cm³/mol.